The quantitative estimate of drug-likeness (QED) is 0.915. The van der Waals surface area contributed by atoms with Gasteiger partial charge >= 0.3 is 0 Å². The molecule has 0 aliphatic rings. The van der Waals surface area contributed by atoms with Gasteiger partial charge in [-0.3, -0.25) is 4.68 Å². The van der Waals surface area contributed by atoms with Crippen molar-refractivity contribution in [2.75, 3.05) is 0 Å². The van der Waals surface area contributed by atoms with Crippen molar-refractivity contribution < 1.29 is 0 Å². The van der Waals surface area contributed by atoms with Crippen molar-refractivity contribution in [3.05, 3.63) is 52.3 Å². The van der Waals surface area contributed by atoms with Gasteiger partial charge in [-0.15, -0.1) is 0 Å². The van der Waals surface area contributed by atoms with E-state index in [0.29, 0.717) is 0 Å². The van der Waals surface area contributed by atoms with Gasteiger partial charge in [-0.1, -0.05) is 37.6 Å². The van der Waals surface area contributed by atoms with E-state index < -0.39 is 0 Å². The summed E-state index contributed by atoms with van der Waals surface area (Å²) in [5.74, 6) is 0. The van der Waals surface area contributed by atoms with E-state index >= 15 is 0 Å². The molecule has 0 amide bonds. The van der Waals surface area contributed by atoms with Gasteiger partial charge < -0.3 is 5.73 Å². The topological polar surface area (TPSA) is 43.8 Å². The molecule has 0 radical (unpaired) electrons. The van der Waals surface area contributed by atoms with Crippen LogP contribution in [-0.4, -0.2) is 15.8 Å². The fourth-order valence-corrected chi connectivity index (χ4v) is 2.62. The van der Waals surface area contributed by atoms with E-state index in [4.69, 9.17) is 22.4 Å². The van der Waals surface area contributed by atoms with Crippen molar-refractivity contribution in [2.45, 2.75) is 45.7 Å². The van der Waals surface area contributed by atoms with Gasteiger partial charge in [0.05, 0.1) is 11.7 Å². The number of rotatable bonds is 5. The van der Waals surface area contributed by atoms with E-state index in [1.54, 1.807) is 0 Å². The van der Waals surface area contributed by atoms with Crippen LogP contribution >= 0.6 is 11.6 Å². The number of halogens is 1. The molecule has 2 aromatic rings. The second-order valence-electron chi connectivity index (χ2n) is 5.13. The van der Waals surface area contributed by atoms with Crippen LogP contribution in [0.5, 0.6) is 0 Å². The summed E-state index contributed by atoms with van der Waals surface area (Å²) < 4.78 is 2.08. The predicted octanol–water partition coefficient (Wildman–Crippen LogP) is 3.60. The highest BCUT2D eigenvalue weighted by Crippen LogP contribution is 2.25. The van der Waals surface area contributed by atoms with Crippen LogP contribution in [0.1, 0.15) is 43.8 Å². The second-order valence-corrected chi connectivity index (χ2v) is 5.57. The molecule has 0 saturated heterocycles. The molecule has 2 rings (SSSR count). The first kappa shape index (κ1) is 15.1. The van der Waals surface area contributed by atoms with Crippen molar-refractivity contribution in [1.82, 2.24) is 9.78 Å². The lowest BCUT2D eigenvalue weighted by atomic mass is 10.0. The highest BCUT2D eigenvalue weighted by Gasteiger charge is 2.22. The molecule has 0 fully saturated rings. The number of nitrogens with zero attached hydrogens (tertiary/aromatic N) is 2. The molecule has 0 saturated carbocycles. The van der Waals surface area contributed by atoms with Crippen LogP contribution in [0.3, 0.4) is 0 Å². The lowest BCUT2D eigenvalue weighted by Gasteiger charge is -2.24. The first-order chi connectivity index (χ1) is 9.56. The first-order valence-electron chi connectivity index (χ1n) is 7.15. The van der Waals surface area contributed by atoms with Crippen molar-refractivity contribution >= 4 is 11.6 Å². The minimum atomic E-state index is -0.0221. The van der Waals surface area contributed by atoms with Gasteiger partial charge in [0, 0.05) is 16.8 Å². The van der Waals surface area contributed by atoms with Crippen molar-refractivity contribution in [2.24, 2.45) is 5.73 Å². The molecule has 20 heavy (non-hydrogen) atoms. The Bertz CT molecular complexity index is 558. The molecule has 3 nitrogen and oxygen atoms in total. The summed E-state index contributed by atoms with van der Waals surface area (Å²) >= 11 is 5.97. The Morgan fingerprint density at radius 1 is 1.20 bits per heavy atom. The third-order valence-corrected chi connectivity index (χ3v) is 3.81. The monoisotopic (exact) mass is 291 g/mol. The van der Waals surface area contributed by atoms with E-state index in [9.17, 15) is 0 Å². The summed E-state index contributed by atoms with van der Waals surface area (Å²) in [6, 6.07) is 10.1. The molecule has 0 aliphatic heterocycles. The zero-order valence-electron chi connectivity index (χ0n) is 12.3. The Balaban J connectivity index is 2.48. The molecule has 1 aromatic heterocycles. The molecule has 108 valence electrons. The average Bonchev–Trinajstić information content (AvgIpc) is 2.84. The van der Waals surface area contributed by atoms with Gasteiger partial charge in [-0.25, -0.2) is 0 Å². The van der Waals surface area contributed by atoms with E-state index in [0.717, 1.165) is 29.1 Å². The molecule has 0 spiro atoms. The highest BCUT2D eigenvalue weighted by atomic mass is 35.5. The smallest absolute Gasteiger partial charge is 0.0919 e. The molecule has 2 atom stereocenters. The maximum absolute atomic E-state index is 6.22. The second kappa shape index (κ2) is 6.42. The van der Waals surface area contributed by atoms with Gasteiger partial charge in [-0.2, -0.15) is 5.10 Å². The Labute approximate surface area is 125 Å². The lowest BCUT2D eigenvalue weighted by molar-refractivity contribution is 0.438. The zero-order valence-corrected chi connectivity index (χ0v) is 13.1. The van der Waals surface area contributed by atoms with E-state index in [1.165, 1.54) is 5.69 Å². The number of aromatic nitrogens is 2. The van der Waals surface area contributed by atoms with Crippen LogP contribution in [0.2, 0.25) is 5.02 Å². The summed E-state index contributed by atoms with van der Waals surface area (Å²) in [4.78, 5) is 0. The van der Waals surface area contributed by atoms with Gasteiger partial charge in [0.1, 0.15) is 0 Å². The molecule has 2 N–H and O–H groups in total. The maximum atomic E-state index is 6.22. The minimum absolute atomic E-state index is 0.0221. The minimum Gasteiger partial charge on any atom is -0.326 e. The Morgan fingerprint density at radius 2 is 1.85 bits per heavy atom. The normalized spacial score (nSPS) is 14.2. The third kappa shape index (κ3) is 3.05. The number of aryl methyl sites for hydroxylation is 2. The summed E-state index contributed by atoms with van der Waals surface area (Å²) in [5.41, 5.74) is 9.70. The largest absolute Gasteiger partial charge is 0.326 e. The maximum Gasteiger partial charge on any atom is 0.0919 e. The van der Waals surface area contributed by atoms with Crippen LogP contribution in [-0.2, 0) is 12.8 Å². The summed E-state index contributed by atoms with van der Waals surface area (Å²) in [5, 5.41) is 5.46. The van der Waals surface area contributed by atoms with Crippen molar-refractivity contribution in [3.8, 4) is 0 Å². The lowest BCUT2D eigenvalue weighted by Crippen LogP contribution is -2.32. The number of benzene rings is 1. The summed E-state index contributed by atoms with van der Waals surface area (Å²) in [6.45, 7) is 6.29. The first-order valence-corrected chi connectivity index (χ1v) is 7.53. The van der Waals surface area contributed by atoms with Gasteiger partial charge in [0.25, 0.3) is 0 Å². The van der Waals surface area contributed by atoms with Crippen molar-refractivity contribution in [1.29, 1.82) is 0 Å². The summed E-state index contributed by atoms with van der Waals surface area (Å²) in [7, 11) is 0. The van der Waals surface area contributed by atoms with Gasteiger partial charge in [-0.05, 0) is 43.5 Å². The number of nitrogens with two attached hydrogens (primary N) is 1. The fraction of sp³-hybridized carbons (Fsp3) is 0.438. The predicted molar refractivity (Wildman–Crippen MR) is 84.2 cm³/mol. The Morgan fingerprint density at radius 3 is 2.35 bits per heavy atom. The SMILES string of the molecule is CCc1cc(CC)n(C(c2ccc(Cl)cc2)C(C)N)n1. The van der Waals surface area contributed by atoms with Crippen LogP contribution < -0.4 is 5.73 Å². The number of hydrogen-bond acceptors (Lipinski definition) is 2. The molecule has 1 aromatic carbocycles. The fourth-order valence-electron chi connectivity index (χ4n) is 2.50. The van der Waals surface area contributed by atoms with Gasteiger partial charge in [0.2, 0.25) is 0 Å². The molecular formula is C16H22ClN3. The molecule has 0 aliphatic carbocycles. The summed E-state index contributed by atoms with van der Waals surface area (Å²) in [6.07, 6.45) is 1.89. The molecule has 4 heteroatoms. The van der Waals surface area contributed by atoms with E-state index in [1.807, 2.05) is 31.2 Å². The van der Waals surface area contributed by atoms with Crippen LogP contribution in [0.4, 0.5) is 0 Å². The Kier molecular flexibility index (Phi) is 4.84. The van der Waals surface area contributed by atoms with E-state index in [2.05, 4.69) is 24.6 Å². The molecule has 2 unspecified atom stereocenters. The highest BCUT2D eigenvalue weighted by molar-refractivity contribution is 6.30. The van der Waals surface area contributed by atoms with Crippen molar-refractivity contribution in [3.63, 3.8) is 0 Å². The Hall–Kier alpha value is -1.32. The van der Waals surface area contributed by atoms with Gasteiger partial charge in [0.15, 0.2) is 0 Å². The molecule has 1 heterocycles. The molecular weight excluding hydrogens is 270 g/mol. The van der Waals surface area contributed by atoms with E-state index in [-0.39, 0.29) is 12.1 Å². The standard InChI is InChI=1S/C16H22ClN3/c1-4-14-10-15(5-2)20(19-14)16(11(3)18)12-6-8-13(17)9-7-12/h6-11,16H,4-5,18H2,1-3H3. The third-order valence-electron chi connectivity index (χ3n) is 3.56. The van der Waals surface area contributed by atoms with Crippen LogP contribution in [0.25, 0.3) is 0 Å². The zero-order chi connectivity index (χ0) is 14.7. The average molecular weight is 292 g/mol. The number of hydrogen-bond donors (Lipinski definition) is 1. The van der Waals surface area contributed by atoms with Crippen LogP contribution in [0, 0.1) is 0 Å². The van der Waals surface area contributed by atoms with Crippen LogP contribution in [0.15, 0.2) is 30.3 Å². The molecule has 0 bridgehead atoms.